The average molecular weight is 326 g/mol. The Labute approximate surface area is 126 Å². The average Bonchev–Trinajstić information content (AvgIpc) is 2.77. The van der Waals surface area contributed by atoms with E-state index in [4.69, 9.17) is 0 Å². The van der Waals surface area contributed by atoms with Gasteiger partial charge in [-0.05, 0) is 27.2 Å². The van der Waals surface area contributed by atoms with Gasteiger partial charge in [-0.1, -0.05) is 13.3 Å². The van der Waals surface area contributed by atoms with Gasteiger partial charge in [0.05, 0.1) is 21.8 Å². The molecule has 7 heteroatoms. The zero-order valence-electron chi connectivity index (χ0n) is 11.9. The maximum atomic E-state index is 12.3. The summed E-state index contributed by atoms with van der Waals surface area (Å²) in [5.74, 6) is 0.860. The van der Waals surface area contributed by atoms with E-state index in [1.165, 1.54) is 23.5 Å². The molecule has 4 nitrogen and oxygen atoms in total. The van der Waals surface area contributed by atoms with E-state index >= 15 is 0 Å². The highest BCUT2D eigenvalue weighted by Gasteiger charge is 2.50. The zero-order valence-corrected chi connectivity index (χ0v) is 14.3. The highest BCUT2D eigenvalue weighted by molar-refractivity contribution is 8.22. The van der Waals surface area contributed by atoms with Gasteiger partial charge in [0.25, 0.3) is 0 Å². The molecular formula is C12H23NO3S3. The van der Waals surface area contributed by atoms with Crippen LogP contribution >= 0.6 is 23.5 Å². The molecule has 0 radical (unpaired) electrons. The quantitative estimate of drug-likeness (QED) is 0.785. The molecule has 1 saturated heterocycles. The largest absolute Gasteiger partial charge is 0.480 e. The highest BCUT2D eigenvalue weighted by Crippen LogP contribution is 2.48. The molecule has 1 aliphatic rings. The zero-order chi connectivity index (χ0) is 14.7. The van der Waals surface area contributed by atoms with E-state index in [2.05, 4.69) is 4.72 Å². The van der Waals surface area contributed by atoms with Crippen LogP contribution in [0.2, 0.25) is 0 Å². The molecule has 2 atom stereocenters. The fourth-order valence-corrected chi connectivity index (χ4v) is 5.99. The van der Waals surface area contributed by atoms with E-state index in [0.717, 1.165) is 17.9 Å². The van der Waals surface area contributed by atoms with Crippen LogP contribution in [-0.4, -0.2) is 41.7 Å². The molecule has 0 bridgehead atoms. The maximum Gasteiger partial charge on any atom is 0.331 e. The predicted octanol–water partition coefficient (Wildman–Crippen LogP) is 2.47. The van der Waals surface area contributed by atoms with Crippen molar-refractivity contribution in [1.82, 2.24) is 4.72 Å². The molecule has 1 fully saturated rings. The Morgan fingerprint density at radius 2 is 1.95 bits per heavy atom. The van der Waals surface area contributed by atoms with Gasteiger partial charge >= 0.3 is 5.97 Å². The van der Waals surface area contributed by atoms with Crippen LogP contribution in [0.3, 0.4) is 0 Å². The molecule has 2 N–H and O–H groups in total. The number of carbonyl (C=O) groups is 1. The lowest BCUT2D eigenvalue weighted by Crippen LogP contribution is -2.53. The number of hydrogen-bond donors (Lipinski definition) is 2. The first-order valence-corrected chi connectivity index (χ1v) is 9.55. The third-order valence-corrected chi connectivity index (χ3v) is 8.02. The van der Waals surface area contributed by atoms with E-state index in [-0.39, 0.29) is 10.8 Å². The summed E-state index contributed by atoms with van der Waals surface area (Å²) in [5, 5.41) is 9.60. The minimum Gasteiger partial charge on any atom is -0.480 e. The second-order valence-electron chi connectivity index (χ2n) is 5.51. The van der Waals surface area contributed by atoms with E-state index in [0.29, 0.717) is 6.42 Å². The highest BCUT2D eigenvalue weighted by atomic mass is 32.2. The maximum absolute atomic E-state index is 12.3. The Hall–Kier alpha value is 0.280. The molecule has 0 aromatic rings. The minimum absolute atomic E-state index is 0.271. The molecule has 0 saturated carbocycles. The third kappa shape index (κ3) is 4.12. The summed E-state index contributed by atoms with van der Waals surface area (Å²) >= 11 is 2.93. The molecule has 1 aliphatic heterocycles. The summed E-state index contributed by atoms with van der Waals surface area (Å²) in [6.45, 7) is 7.69. The van der Waals surface area contributed by atoms with Crippen molar-refractivity contribution >= 4 is 40.5 Å². The van der Waals surface area contributed by atoms with Crippen LogP contribution in [0.25, 0.3) is 0 Å². The number of nitrogens with one attached hydrogen (secondary N) is 1. The van der Waals surface area contributed by atoms with Crippen molar-refractivity contribution in [3.63, 3.8) is 0 Å². The fraction of sp³-hybridized carbons (Fsp3) is 0.917. The van der Waals surface area contributed by atoms with Crippen LogP contribution < -0.4 is 4.72 Å². The van der Waals surface area contributed by atoms with Crippen molar-refractivity contribution in [2.45, 2.75) is 55.4 Å². The number of carboxylic acid groups (broad SMARTS) is 1. The van der Waals surface area contributed by atoms with Crippen LogP contribution in [0.15, 0.2) is 0 Å². The summed E-state index contributed by atoms with van der Waals surface area (Å²) in [4.78, 5) is 11.7. The second kappa shape index (κ2) is 6.83. The Morgan fingerprint density at radius 3 is 2.32 bits per heavy atom. The van der Waals surface area contributed by atoms with Gasteiger partial charge in [-0.25, -0.2) is 13.7 Å². The number of rotatable bonds is 6. The van der Waals surface area contributed by atoms with Gasteiger partial charge in [0.2, 0.25) is 0 Å². The smallest absolute Gasteiger partial charge is 0.331 e. The lowest BCUT2D eigenvalue weighted by Gasteiger charge is -2.34. The van der Waals surface area contributed by atoms with Crippen molar-refractivity contribution in [1.29, 1.82) is 0 Å². The monoisotopic (exact) mass is 325 g/mol. The topological polar surface area (TPSA) is 66.4 Å². The molecule has 112 valence electrons. The summed E-state index contributed by atoms with van der Waals surface area (Å²) in [7, 11) is -1.25. The van der Waals surface area contributed by atoms with Crippen molar-refractivity contribution in [3.8, 4) is 0 Å². The third-order valence-electron chi connectivity index (χ3n) is 2.86. The normalized spacial score (nSPS) is 22.1. The van der Waals surface area contributed by atoms with E-state index in [1.807, 2.05) is 27.7 Å². The number of thioether (sulfide) groups is 2. The number of aliphatic carboxylic acids is 1. The summed E-state index contributed by atoms with van der Waals surface area (Å²) in [6, 6.07) is -0.271. The molecule has 0 amide bonds. The molecule has 1 rings (SSSR count). The molecule has 1 unspecified atom stereocenters. The van der Waals surface area contributed by atoms with Crippen LogP contribution in [0.4, 0.5) is 0 Å². The standard InChI is InChI=1S/C12H23NO3S3/c1-5-6-9(13-19(16)11(2,3)4)12(10(14)15)17-7-8-18-12/h9,13H,5-8H2,1-4H3,(H,14,15)/t9-,19?/m0/s1. The van der Waals surface area contributed by atoms with Gasteiger partial charge in [0.15, 0.2) is 4.08 Å². The molecule has 19 heavy (non-hydrogen) atoms. The van der Waals surface area contributed by atoms with Crippen molar-refractivity contribution in [2.24, 2.45) is 0 Å². The molecule has 1 heterocycles. The molecular weight excluding hydrogens is 302 g/mol. The summed E-state index contributed by atoms with van der Waals surface area (Å²) in [5.41, 5.74) is 0. The van der Waals surface area contributed by atoms with Crippen molar-refractivity contribution < 1.29 is 14.1 Å². The van der Waals surface area contributed by atoms with Gasteiger partial charge in [-0.15, -0.1) is 23.5 Å². The van der Waals surface area contributed by atoms with Gasteiger partial charge in [-0.3, -0.25) is 0 Å². The first kappa shape index (κ1) is 17.3. The Bertz CT molecular complexity index is 349. The lowest BCUT2D eigenvalue weighted by molar-refractivity contribution is -0.137. The molecule has 0 aromatic carbocycles. The molecule has 0 aliphatic carbocycles. The SMILES string of the molecule is CCC[C@H](NS(=O)C(C)(C)C)C1(C(=O)O)SCCS1. The number of carboxylic acids is 1. The number of hydrogen-bond acceptors (Lipinski definition) is 4. The van der Waals surface area contributed by atoms with Crippen LogP contribution in [-0.2, 0) is 15.8 Å². The molecule has 0 spiro atoms. The summed E-state index contributed by atoms with van der Waals surface area (Å²) < 4.78 is 14.1. The Morgan fingerprint density at radius 1 is 1.42 bits per heavy atom. The van der Waals surface area contributed by atoms with E-state index in [1.54, 1.807) is 0 Å². The lowest BCUT2D eigenvalue weighted by atomic mass is 10.1. The molecule has 0 aromatic heterocycles. The van der Waals surface area contributed by atoms with Crippen LogP contribution in [0.5, 0.6) is 0 Å². The van der Waals surface area contributed by atoms with E-state index in [9.17, 15) is 14.1 Å². The van der Waals surface area contributed by atoms with Crippen LogP contribution in [0.1, 0.15) is 40.5 Å². The van der Waals surface area contributed by atoms with Gasteiger partial charge in [-0.2, -0.15) is 0 Å². The summed E-state index contributed by atoms with van der Waals surface area (Å²) in [6.07, 6.45) is 1.59. The first-order chi connectivity index (χ1) is 8.74. The van der Waals surface area contributed by atoms with Crippen LogP contribution in [0, 0.1) is 0 Å². The van der Waals surface area contributed by atoms with Gasteiger partial charge < -0.3 is 5.11 Å². The first-order valence-electron chi connectivity index (χ1n) is 6.43. The van der Waals surface area contributed by atoms with E-state index < -0.39 is 21.0 Å². The Balaban J connectivity index is 2.92. The van der Waals surface area contributed by atoms with Crippen molar-refractivity contribution in [3.05, 3.63) is 0 Å². The Kier molecular flexibility index (Phi) is 6.23. The second-order valence-corrected chi connectivity index (χ2v) is 10.4. The predicted molar refractivity (Wildman–Crippen MR) is 85.0 cm³/mol. The van der Waals surface area contributed by atoms with Gasteiger partial charge in [0, 0.05) is 11.5 Å². The van der Waals surface area contributed by atoms with Gasteiger partial charge in [0.1, 0.15) is 0 Å². The minimum atomic E-state index is -1.25. The van der Waals surface area contributed by atoms with Crippen molar-refractivity contribution in [2.75, 3.05) is 11.5 Å². The fourth-order valence-electron chi connectivity index (χ4n) is 1.82.